The molecule has 4 unspecified atom stereocenters. The molecule has 4 nitrogen and oxygen atoms in total. The molecule has 8 atom stereocenters. The van der Waals surface area contributed by atoms with Crippen LogP contribution in [0.25, 0.3) is 0 Å². The highest BCUT2D eigenvalue weighted by Gasteiger charge is 2.58. The van der Waals surface area contributed by atoms with Gasteiger partial charge in [-0.3, -0.25) is 4.79 Å². The third kappa shape index (κ3) is 3.22. The van der Waals surface area contributed by atoms with Gasteiger partial charge in [0.2, 0.25) is 0 Å². The van der Waals surface area contributed by atoms with Crippen molar-refractivity contribution in [2.45, 2.75) is 71.8 Å². The number of carbonyl (C=O) groups excluding carboxylic acids is 2. The SMILES string of the molecule is COC(=O)C(O)CC(C)[C@H]1CCC2[C@@H]3C=CC4=CC(=O)CC[C@]4(C)C3CC[C@@]21C. The lowest BCUT2D eigenvalue weighted by Crippen LogP contribution is -2.49. The fraction of sp³-hybridized carbons (Fsp3) is 0.760. The lowest BCUT2D eigenvalue weighted by Gasteiger charge is -2.56. The predicted molar refractivity (Wildman–Crippen MR) is 112 cm³/mol. The molecule has 4 rings (SSSR count). The Labute approximate surface area is 174 Å². The zero-order valence-corrected chi connectivity index (χ0v) is 18.3. The highest BCUT2D eigenvalue weighted by molar-refractivity contribution is 5.92. The maximum Gasteiger partial charge on any atom is 0.334 e. The number of carbonyl (C=O) groups is 2. The molecule has 0 amide bonds. The van der Waals surface area contributed by atoms with Gasteiger partial charge in [0.05, 0.1) is 7.11 Å². The van der Waals surface area contributed by atoms with Gasteiger partial charge in [-0.15, -0.1) is 0 Å². The summed E-state index contributed by atoms with van der Waals surface area (Å²) in [5.74, 6) is 2.43. The van der Waals surface area contributed by atoms with Crippen molar-refractivity contribution in [1.82, 2.24) is 0 Å². The van der Waals surface area contributed by atoms with Gasteiger partial charge in [-0.2, -0.15) is 0 Å². The molecular formula is C25H36O4. The molecule has 0 saturated heterocycles. The first-order valence-corrected chi connectivity index (χ1v) is 11.4. The van der Waals surface area contributed by atoms with Gasteiger partial charge in [-0.1, -0.05) is 32.9 Å². The Hall–Kier alpha value is -1.42. The minimum Gasteiger partial charge on any atom is -0.467 e. The molecule has 29 heavy (non-hydrogen) atoms. The van der Waals surface area contributed by atoms with Crippen LogP contribution in [0.5, 0.6) is 0 Å². The first-order chi connectivity index (χ1) is 13.7. The van der Waals surface area contributed by atoms with E-state index in [4.69, 9.17) is 4.74 Å². The van der Waals surface area contributed by atoms with Crippen LogP contribution in [-0.4, -0.2) is 30.1 Å². The van der Waals surface area contributed by atoms with Crippen LogP contribution in [0.3, 0.4) is 0 Å². The van der Waals surface area contributed by atoms with Crippen molar-refractivity contribution in [3.05, 3.63) is 23.8 Å². The summed E-state index contributed by atoms with van der Waals surface area (Å²) in [7, 11) is 1.34. The molecule has 2 fully saturated rings. The largest absolute Gasteiger partial charge is 0.467 e. The standard InChI is InChI=1S/C25H36O4/c1-15(13-22(27)23(28)29-4)19-7-8-20-18-6-5-16-14-17(26)9-11-24(16,2)21(18)10-12-25(19,20)3/h5-6,14-15,18-22,27H,7-13H2,1-4H3/t15?,18-,19+,20?,21?,22?,24-,25+/m0/s1. The Morgan fingerprint density at radius 2 is 2.00 bits per heavy atom. The summed E-state index contributed by atoms with van der Waals surface area (Å²) >= 11 is 0. The monoisotopic (exact) mass is 400 g/mol. The first kappa shape index (κ1) is 20.8. The number of rotatable bonds is 4. The van der Waals surface area contributed by atoms with E-state index in [9.17, 15) is 14.7 Å². The number of hydrogen-bond acceptors (Lipinski definition) is 4. The molecule has 0 radical (unpaired) electrons. The van der Waals surface area contributed by atoms with Crippen LogP contribution in [0.2, 0.25) is 0 Å². The molecule has 0 heterocycles. The van der Waals surface area contributed by atoms with Gasteiger partial charge in [0.25, 0.3) is 0 Å². The summed E-state index contributed by atoms with van der Waals surface area (Å²) in [6, 6.07) is 0. The van der Waals surface area contributed by atoms with Crippen molar-refractivity contribution >= 4 is 11.8 Å². The molecule has 2 saturated carbocycles. The Morgan fingerprint density at radius 3 is 2.72 bits per heavy atom. The average Bonchev–Trinajstić information content (AvgIpc) is 3.05. The maximum absolute atomic E-state index is 12.0. The molecule has 0 aromatic heterocycles. The van der Waals surface area contributed by atoms with E-state index in [1.807, 2.05) is 6.08 Å². The van der Waals surface area contributed by atoms with Crippen molar-refractivity contribution in [1.29, 1.82) is 0 Å². The average molecular weight is 401 g/mol. The van der Waals surface area contributed by atoms with Gasteiger partial charge in [0.15, 0.2) is 11.9 Å². The summed E-state index contributed by atoms with van der Waals surface area (Å²) in [4.78, 5) is 23.7. The fourth-order valence-corrected chi connectivity index (χ4v) is 7.72. The molecule has 0 spiro atoms. The van der Waals surface area contributed by atoms with Crippen molar-refractivity contribution in [3.8, 4) is 0 Å². The topological polar surface area (TPSA) is 63.6 Å². The number of allylic oxidation sites excluding steroid dienone is 4. The smallest absolute Gasteiger partial charge is 0.334 e. The molecule has 1 N–H and O–H groups in total. The molecule has 0 bridgehead atoms. The number of esters is 1. The molecule has 4 aliphatic carbocycles. The number of aliphatic hydroxyl groups excluding tert-OH is 1. The van der Waals surface area contributed by atoms with Crippen molar-refractivity contribution in [2.75, 3.05) is 7.11 Å². The molecule has 160 valence electrons. The van der Waals surface area contributed by atoms with Crippen LogP contribution in [-0.2, 0) is 14.3 Å². The Balaban J connectivity index is 1.56. The zero-order chi connectivity index (χ0) is 21.0. The van der Waals surface area contributed by atoms with E-state index < -0.39 is 12.1 Å². The number of ether oxygens (including phenoxy) is 1. The summed E-state index contributed by atoms with van der Waals surface area (Å²) in [5.41, 5.74) is 1.64. The van der Waals surface area contributed by atoms with Gasteiger partial charge in [0, 0.05) is 6.42 Å². The number of methoxy groups -OCH3 is 1. The van der Waals surface area contributed by atoms with E-state index in [0.717, 1.165) is 6.42 Å². The van der Waals surface area contributed by atoms with E-state index in [2.05, 4.69) is 32.9 Å². The van der Waals surface area contributed by atoms with Crippen LogP contribution in [0.4, 0.5) is 0 Å². The Morgan fingerprint density at radius 1 is 1.24 bits per heavy atom. The fourth-order valence-electron chi connectivity index (χ4n) is 7.72. The second-order valence-corrected chi connectivity index (χ2v) is 10.6. The van der Waals surface area contributed by atoms with Gasteiger partial charge in [0.1, 0.15) is 0 Å². The van der Waals surface area contributed by atoms with Gasteiger partial charge >= 0.3 is 5.97 Å². The molecule has 0 aliphatic heterocycles. The second-order valence-electron chi connectivity index (χ2n) is 10.6. The normalized spacial score (nSPS) is 42.9. The Bertz CT molecular complexity index is 752. The number of hydrogen-bond donors (Lipinski definition) is 1. The van der Waals surface area contributed by atoms with E-state index in [0.29, 0.717) is 42.4 Å². The number of fused-ring (bicyclic) bond motifs is 5. The maximum atomic E-state index is 12.0. The molecule has 0 aromatic rings. The van der Waals surface area contributed by atoms with E-state index in [1.165, 1.54) is 38.4 Å². The summed E-state index contributed by atoms with van der Waals surface area (Å²) in [6.45, 7) is 7.04. The van der Waals surface area contributed by atoms with Crippen LogP contribution in [0.15, 0.2) is 23.8 Å². The zero-order valence-electron chi connectivity index (χ0n) is 18.3. The first-order valence-electron chi connectivity index (χ1n) is 11.4. The minimum atomic E-state index is -1.02. The van der Waals surface area contributed by atoms with Gasteiger partial charge in [-0.25, -0.2) is 4.79 Å². The van der Waals surface area contributed by atoms with Gasteiger partial charge < -0.3 is 9.84 Å². The molecular weight excluding hydrogens is 364 g/mol. The lowest BCUT2D eigenvalue weighted by molar-refractivity contribution is -0.151. The molecule has 4 heteroatoms. The minimum absolute atomic E-state index is 0.138. The summed E-state index contributed by atoms with van der Waals surface area (Å²) in [5, 5.41) is 10.2. The summed E-state index contributed by atoms with van der Waals surface area (Å²) in [6.07, 6.45) is 12.5. The van der Waals surface area contributed by atoms with Crippen LogP contribution >= 0.6 is 0 Å². The van der Waals surface area contributed by atoms with Crippen LogP contribution < -0.4 is 0 Å². The predicted octanol–water partition coefficient (Wildman–Crippen LogP) is 4.47. The van der Waals surface area contributed by atoms with E-state index in [-0.39, 0.29) is 16.6 Å². The van der Waals surface area contributed by atoms with Gasteiger partial charge in [-0.05, 0) is 90.6 Å². The molecule has 0 aromatic carbocycles. The lowest BCUT2D eigenvalue weighted by atomic mass is 9.48. The second kappa shape index (κ2) is 7.37. The highest BCUT2D eigenvalue weighted by Crippen LogP contribution is 2.66. The van der Waals surface area contributed by atoms with E-state index >= 15 is 0 Å². The van der Waals surface area contributed by atoms with E-state index in [1.54, 1.807) is 0 Å². The third-order valence-corrected chi connectivity index (χ3v) is 9.34. The van der Waals surface area contributed by atoms with Crippen LogP contribution in [0, 0.1) is 40.4 Å². The molecule has 4 aliphatic rings. The summed E-state index contributed by atoms with van der Waals surface area (Å²) < 4.78 is 4.72. The third-order valence-electron chi connectivity index (χ3n) is 9.34. The van der Waals surface area contributed by atoms with Crippen molar-refractivity contribution in [3.63, 3.8) is 0 Å². The van der Waals surface area contributed by atoms with Crippen LogP contribution in [0.1, 0.15) is 65.7 Å². The Kier molecular flexibility index (Phi) is 5.30. The number of aliphatic hydroxyl groups is 1. The van der Waals surface area contributed by atoms with Crippen molar-refractivity contribution in [2.24, 2.45) is 40.4 Å². The quantitative estimate of drug-likeness (QED) is 0.707. The highest BCUT2D eigenvalue weighted by atomic mass is 16.5. The number of ketones is 1. The van der Waals surface area contributed by atoms with Crippen molar-refractivity contribution < 1.29 is 19.4 Å².